The predicted molar refractivity (Wildman–Crippen MR) is 122 cm³/mol. The van der Waals surface area contributed by atoms with Crippen molar-refractivity contribution >= 4 is 46.4 Å². The molecule has 0 unspecified atom stereocenters. The molecule has 30 heavy (non-hydrogen) atoms. The van der Waals surface area contributed by atoms with Crippen molar-refractivity contribution in [2.45, 2.75) is 32.6 Å². The van der Waals surface area contributed by atoms with Crippen molar-refractivity contribution in [2.75, 3.05) is 0 Å². The number of unbranched alkanes of at least 4 members (excludes halogenated alkanes) is 2. The van der Waals surface area contributed by atoms with Crippen LogP contribution < -0.4 is 0 Å². The number of rotatable bonds is 4. The molecular formula is C25H24N4Zn. The van der Waals surface area contributed by atoms with Gasteiger partial charge in [0.15, 0.2) is 0 Å². The molecule has 0 aliphatic carbocycles. The second-order valence-corrected chi connectivity index (χ2v) is 7.66. The maximum Gasteiger partial charge on any atom is 0.0659 e. The fourth-order valence-electron chi connectivity index (χ4n) is 3.85. The van der Waals surface area contributed by atoms with E-state index in [-0.39, 0.29) is 19.5 Å². The number of aromatic amines is 2. The van der Waals surface area contributed by atoms with Crippen molar-refractivity contribution in [1.29, 1.82) is 0 Å². The van der Waals surface area contributed by atoms with Crippen molar-refractivity contribution in [3.05, 3.63) is 70.8 Å². The molecule has 0 fully saturated rings. The molecule has 5 heterocycles. The van der Waals surface area contributed by atoms with Gasteiger partial charge in [0, 0.05) is 41.5 Å². The number of aryl methyl sites for hydroxylation is 1. The van der Waals surface area contributed by atoms with E-state index in [1.807, 2.05) is 24.3 Å². The van der Waals surface area contributed by atoms with Gasteiger partial charge in [-0.05, 0) is 85.2 Å². The molecule has 0 spiro atoms. The Kier molecular flexibility index (Phi) is 6.10. The Morgan fingerprint density at radius 1 is 0.667 bits per heavy atom. The largest absolute Gasteiger partial charge is 0.355 e. The normalized spacial score (nSPS) is 12.2. The van der Waals surface area contributed by atoms with Gasteiger partial charge in [-0.25, -0.2) is 9.97 Å². The molecule has 0 saturated carbocycles. The second kappa shape index (κ2) is 8.93. The zero-order valence-electron chi connectivity index (χ0n) is 17.3. The molecule has 0 aromatic carbocycles. The van der Waals surface area contributed by atoms with Crippen LogP contribution in [0.4, 0.5) is 0 Å². The molecule has 5 heteroatoms. The van der Waals surface area contributed by atoms with Crippen LogP contribution in [0.5, 0.6) is 0 Å². The van der Waals surface area contributed by atoms with Gasteiger partial charge >= 0.3 is 0 Å². The van der Waals surface area contributed by atoms with Gasteiger partial charge in [-0.15, -0.1) is 0 Å². The fourth-order valence-corrected chi connectivity index (χ4v) is 3.85. The van der Waals surface area contributed by atoms with E-state index >= 15 is 0 Å². The van der Waals surface area contributed by atoms with Crippen molar-refractivity contribution in [2.24, 2.45) is 0 Å². The van der Waals surface area contributed by atoms with E-state index in [0.717, 1.165) is 51.3 Å². The number of hydrogen-bond donors (Lipinski definition) is 2. The van der Waals surface area contributed by atoms with Crippen LogP contribution in [0.3, 0.4) is 0 Å². The minimum atomic E-state index is 0. The molecule has 5 rings (SSSR count). The summed E-state index contributed by atoms with van der Waals surface area (Å²) in [6, 6.07) is 14.9. The van der Waals surface area contributed by atoms with Gasteiger partial charge in [0.25, 0.3) is 0 Å². The summed E-state index contributed by atoms with van der Waals surface area (Å²) in [6.45, 7) is 2.24. The Morgan fingerprint density at radius 2 is 1.30 bits per heavy atom. The van der Waals surface area contributed by atoms with Gasteiger partial charge in [-0.1, -0.05) is 19.8 Å². The van der Waals surface area contributed by atoms with E-state index in [1.165, 1.54) is 24.8 Å². The Morgan fingerprint density at radius 3 is 2.00 bits per heavy atom. The average Bonchev–Trinajstić information content (AvgIpc) is 3.47. The molecule has 2 N–H and O–H groups in total. The third-order valence-corrected chi connectivity index (χ3v) is 5.30. The first-order valence-electron chi connectivity index (χ1n) is 10.3. The summed E-state index contributed by atoms with van der Waals surface area (Å²) in [7, 11) is 0. The fraction of sp³-hybridized carbons (Fsp3) is 0.200. The zero-order valence-corrected chi connectivity index (χ0v) is 20.2. The molecule has 0 radical (unpaired) electrons. The number of nitrogens with zero attached hydrogens (tertiary/aromatic N) is 2. The molecule has 2 aliphatic heterocycles. The third kappa shape index (κ3) is 4.52. The van der Waals surface area contributed by atoms with E-state index in [9.17, 15) is 0 Å². The van der Waals surface area contributed by atoms with E-state index in [0.29, 0.717) is 0 Å². The number of fused-ring (bicyclic) bond motifs is 8. The second-order valence-electron chi connectivity index (χ2n) is 7.66. The maximum absolute atomic E-state index is 4.76. The zero-order chi connectivity index (χ0) is 19.6. The quantitative estimate of drug-likeness (QED) is 0.249. The Hall–Kier alpha value is -2.78. The molecular weight excluding hydrogens is 422 g/mol. The first-order valence-corrected chi connectivity index (χ1v) is 10.3. The van der Waals surface area contributed by atoms with Gasteiger partial charge in [-0.3, -0.25) is 0 Å². The monoisotopic (exact) mass is 444 g/mol. The van der Waals surface area contributed by atoms with Crippen LogP contribution >= 0.6 is 0 Å². The van der Waals surface area contributed by atoms with E-state index in [1.54, 1.807) is 0 Å². The van der Waals surface area contributed by atoms with Crippen molar-refractivity contribution in [1.82, 2.24) is 19.9 Å². The SMILES string of the molecule is CCCCCc1cc2cc3ccc(cc4nc(cc5nc(cc1[nH]2)C=C5)C=C4)[nH]3.[Zn]. The van der Waals surface area contributed by atoms with Crippen LogP contribution in [0.1, 0.15) is 54.5 Å². The molecule has 0 saturated heterocycles. The van der Waals surface area contributed by atoms with Crippen LogP contribution in [-0.2, 0) is 25.9 Å². The molecule has 3 aromatic heterocycles. The summed E-state index contributed by atoms with van der Waals surface area (Å²) in [5, 5.41) is 0. The minimum Gasteiger partial charge on any atom is -0.355 e. The van der Waals surface area contributed by atoms with Crippen LogP contribution in [-0.4, -0.2) is 19.9 Å². The van der Waals surface area contributed by atoms with Crippen LogP contribution in [0.25, 0.3) is 46.4 Å². The van der Waals surface area contributed by atoms with Gasteiger partial charge in [0.1, 0.15) is 0 Å². The molecule has 3 aromatic rings. The van der Waals surface area contributed by atoms with Crippen molar-refractivity contribution in [3.8, 4) is 0 Å². The van der Waals surface area contributed by atoms with E-state index < -0.39 is 0 Å². The summed E-state index contributed by atoms with van der Waals surface area (Å²) < 4.78 is 0. The summed E-state index contributed by atoms with van der Waals surface area (Å²) in [6.07, 6.45) is 12.9. The Bertz CT molecular complexity index is 1280. The summed E-state index contributed by atoms with van der Waals surface area (Å²) in [4.78, 5) is 16.5. The van der Waals surface area contributed by atoms with Gasteiger partial charge < -0.3 is 9.97 Å². The minimum absolute atomic E-state index is 0. The van der Waals surface area contributed by atoms with Gasteiger partial charge in [0.2, 0.25) is 0 Å². The number of hydrogen-bond acceptors (Lipinski definition) is 2. The number of H-pyrrole nitrogens is 2. The van der Waals surface area contributed by atoms with Crippen LogP contribution in [0, 0.1) is 0 Å². The molecule has 146 valence electrons. The standard InChI is InChI=1S/C25H24N4.Zn/c1-2-3-4-5-17-12-24-15-22-9-8-20(27-22)13-18-6-7-19(26-18)14-21-10-11-23(28-21)16-25(17)29-24;/h6-16,27,29H,2-5H2,1H3;. The van der Waals surface area contributed by atoms with Gasteiger partial charge in [-0.2, -0.15) is 0 Å². The Labute approximate surface area is 189 Å². The molecule has 4 nitrogen and oxygen atoms in total. The number of aromatic nitrogens is 4. The molecule has 8 bridgehead atoms. The summed E-state index contributed by atoms with van der Waals surface area (Å²) >= 11 is 0. The van der Waals surface area contributed by atoms with Crippen LogP contribution in [0.2, 0.25) is 0 Å². The maximum atomic E-state index is 4.76. The van der Waals surface area contributed by atoms with Gasteiger partial charge in [0.05, 0.1) is 22.8 Å². The smallest absolute Gasteiger partial charge is 0.0659 e. The van der Waals surface area contributed by atoms with E-state index in [4.69, 9.17) is 4.98 Å². The van der Waals surface area contributed by atoms with Crippen molar-refractivity contribution < 1.29 is 19.5 Å². The molecule has 0 amide bonds. The van der Waals surface area contributed by atoms with Crippen molar-refractivity contribution in [3.63, 3.8) is 0 Å². The summed E-state index contributed by atoms with van der Waals surface area (Å²) in [5.41, 5.74) is 9.49. The summed E-state index contributed by atoms with van der Waals surface area (Å²) in [5.74, 6) is 0. The Balaban J connectivity index is 0.00000218. The van der Waals surface area contributed by atoms with E-state index in [2.05, 4.69) is 64.3 Å². The third-order valence-electron chi connectivity index (χ3n) is 5.30. The molecule has 2 aliphatic rings. The topological polar surface area (TPSA) is 57.4 Å². The number of nitrogens with one attached hydrogen (secondary N) is 2. The van der Waals surface area contributed by atoms with Crippen LogP contribution in [0.15, 0.2) is 42.5 Å². The predicted octanol–water partition coefficient (Wildman–Crippen LogP) is 6.39. The first-order chi connectivity index (χ1) is 14.2. The average molecular weight is 446 g/mol. The molecule has 0 atom stereocenters. The first kappa shape index (κ1) is 20.5.